The van der Waals surface area contributed by atoms with Crippen molar-refractivity contribution in [2.75, 3.05) is 0 Å². The molecule has 158 valence electrons. The molecule has 0 unspecified atom stereocenters. The molecule has 2 aromatic heterocycles. The van der Waals surface area contributed by atoms with Gasteiger partial charge in [-0.15, -0.1) is 0 Å². The van der Waals surface area contributed by atoms with Crippen molar-refractivity contribution in [2.45, 2.75) is 13.0 Å². The second-order valence-corrected chi connectivity index (χ2v) is 7.35. The number of allylic oxidation sites excluding steroid dienone is 1. The van der Waals surface area contributed by atoms with Crippen LogP contribution in [0.5, 0.6) is 0 Å². The quantitative estimate of drug-likeness (QED) is 0.380. The molecule has 2 aromatic carbocycles. The van der Waals surface area contributed by atoms with Gasteiger partial charge in [-0.05, 0) is 55.0 Å². The highest BCUT2D eigenvalue weighted by Gasteiger charge is 2.22. The van der Waals surface area contributed by atoms with Gasteiger partial charge in [0.2, 0.25) is 0 Å². The molecule has 5 rings (SSSR count). The van der Waals surface area contributed by atoms with Crippen LogP contribution in [0.3, 0.4) is 0 Å². The largest absolute Gasteiger partial charge is 0.478 e. The number of non-ortho nitro benzene ring substituents is 1. The maximum atomic E-state index is 12.8. The Morgan fingerprint density at radius 1 is 1.16 bits per heavy atom. The number of aromatic carboxylic acids is 1. The molecule has 0 spiro atoms. The van der Waals surface area contributed by atoms with E-state index in [9.17, 15) is 24.8 Å². The van der Waals surface area contributed by atoms with Crippen LogP contribution >= 0.6 is 0 Å². The lowest BCUT2D eigenvalue weighted by Crippen LogP contribution is -2.20. The first-order valence-electron chi connectivity index (χ1n) is 9.74. The predicted molar refractivity (Wildman–Crippen MR) is 116 cm³/mol. The summed E-state index contributed by atoms with van der Waals surface area (Å²) in [6.07, 6.45) is 2.38. The predicted octanol–water partition coefficient (Wildman–Crippen LogP) is 4.21. The fourth-order valence-electron chi connectivity index (χ4n) is 3.79. The molecule has 9 heteroatoms. The molecule has 0 fully saturated rings. The molecule has 0 aliphatic carbocycles. The van der Waals surface area contributed by atoms with Crippen LogP contribution in [0.1, 0.15) is 28.4 Å². The van der Waals surface area contributed by atoms with Gasteiger partial charge in [-0.2, -0.15) is 0 Å². The van der Waals surface area contributed by atoms with Crippen molar-refractivity contribution in [3.05, 3.63) is 92.2 Å². The molecular weight excluding hydrogens is 414 g/mol. The Bertz CT molecular complexity index is 1490. The zero-order chi connectivity index (χ0) is 22.4. The van der Waals surface area contributed by atoms with Gasteiger partial charge in [-0.3, -0.25) is 19.5 Å². The molecule has 0 saturated carbocycles. The summed E-state index contributed by atoms with van der Waals surface area (Å²) < 4.78 is 7.45. The van der Waals surface area contributed by atoms with Crippen molar-refractivity contribution in [1.29, 1.82) is 0 Å². The summed E-state index contributed by atoms with van der Waals surface area (Å²) in [5, 5.41) is 20.4. The van der Waals surface area contributed by atoms with E-state index < -0.39 is 10.9 Å². The maximum absolute atomic E-state index is 12.8. The third-order valence-electron chi connectivity index (χ3n) is 5.40. The van der Waals surface area contributed by atoms with E-state index in [2.05, 4.69) is 4.98 Å². The lowest BCUT2D eigenvalue weighted by atomic mass is 10.1. The minimum absolute atomic E-state index is 0.00000799. The van der Waals surface area contributed by atoms with Crippen LogP contribution in [0.25, 0.3) is 33.9 Å². The van der Waals surface area contributed by atoms with Crippen molar-refractivity contribution < 1.29 is 19.2 Å². The van der Waals surface area contributed by atoms with Gasteiger partial charge < -0.3 is 9.52 Å². The van der Waals surface area contributed by atoms with Gasteiger partial charge in [-0.25, -0.2) is 9.78 Å². The van der Waals surface area contributed by atoms with E-state index in [0.717, 1.165) is 5.57 Å². The second-order valence-electron chi connectivity index (χ2n) is 7.35. The Labute approximate surface area is 180 Å². The smallest absolute Gasteiger partial charge is 0.335 e. The summed E-state index contributed by atoms with van der Waals surface area (Å²) in [7, 11) is 0. The molecule has 32 heavy (non-hydrogen) atoms. The first-order chi connectivity index (χ1) is 15.4. The van der Waals surface area contributed by atoms with Crippen LogP contribution in [-0.2, 0) is 6.54 Å². The standard InChI is InChI=1S/C23H15N3O6/c27-22-18-7-3-15(23(28)29)12-19(18)24-21-14(9-10-25(21)22)11-17-6-8-20(32-17)13-1-4-16(5-2-13)26(30)31/h1-8,11-12H,9-10H2,(H,28,29)/b14-11+. The zero-order valence-electron chi connectivity index (χ0n) is 16.5. The molecule has 9 nitrogen and oxygen atoms in total. The number of aromatic nitrogens is 2. The lowest BCUT2D eigenvalue weighted by Gasteiger charge is -2.06. The Balaban J connectivity index is 1.52. The van der Waals surface area contributed by atoms with Crippen LogP contribution in [0.2, 0.25) is 0 Å². The molecule has 0 radical (unpaired) electrons. The van der Waals surface area contributed by atoms with Crippen molar-refractivity contribution in [3.8, 4) is 11.3 Å². The Kier molecular flexibility index (Phi) is 4.44. The molecule has 3 heterocycles. The number of hydrogen-bond donors (Lipinski definition) is 1. The highest BCUT2D eigenvalue weighted by Crippen LogP contribution is 2.30. The van der Waals surface area contributed by atoms with Crippen LogP contribution < -0.4 is 5.56 Å². The van der Waals surface area contributed by atoms with Gasteiger partial charge in [0.1, 0.15) is 17.3 Å². The fourth-order valence-corrected chi connectivity index (χ4v) is 3.79. The van der Waals surface area contributed by atoms with Crippen LogP contribution in [-0.4, -0.2) is 25.6 Å². The molecule has 4 aromatic rings. The van der Waals surface area contributed by atoms with E-state index in [1.165, 1.54) is 30.3 Å². The number of carboxylic acid groups (broad SMARTS) is 1. The number of nitro benzene ring substituents is 1. The highest BCUT2D eigenvalue weighted by atomic mass is 16.6. The number of hydrogen-bond acceptors (Lipinski definition) is 6. The van der Waals surface area contributed by atoms with E-state index in [1.807, 2.05) is 0 Å². The second kappa shape index (κ2) is 7.31. The first-order valence-corrected chi connectivity index (χ1v) is 9.74. The number of carbonyl (C=O) groups is 1. The van der Waals surface area contributed by atoms with E-state index in [1.54, 1.807) is 34.9 Å². The summed E-state index contributed by atoms with van der Waals surface area (Å²) in [6, 6.07) is 13.9. The maximum Gasteiger partial charge on any atom is 0.335 e. The number of furan rings is 1. The number of rotatable bonds is 4. The number of benzene rings is 2. The molecule has 1 N–H and O–H groups in total. The number of nitro groups is 1. The molecular formula is C23H15N3O6. The topological polar surface area (TPSA) is 128 Å². The average molecular weight is 429 g/mol. The van der Waals surface area contributed by atoms with Gasteiger partial charge in [0.05, 0.1) is 21.4 Å². The van der Waals surface area contributed by atoms with Crippen molar-refractivity contribution in [3.63, 3.8) is 0 Å². The minimum Gasteiger partial charge on any atom is -0.478 e. The minimum atomic E-state index is -1.08. The first kappa shape index (κ1) is 19.4. The monoisotopic (exact) mass is 429 g/mol. The molecule has 0 bridgehead atoms. The molecule has 0 atom stereocenters. The van der Waals surface area contributed by atoms with Gasteiger partial charge in [-0.1, -0.05) is 0 Å². The Morgan fingerprint density at radius 2 is 1.94 bits per heavy atom. The lowest BCUT2D eigenvalue weighted by molar-refractivity contribution is -0.384. The van der Waals surface area contributed by atoms with Gasteiger partial charge in [0.15, 0.2) is 0 Å². The Hall–Kier alpha value is -4.53. The molecule has 1 aliphatic rings. The average Bonchev–Trinajstić information content (AvgIpc) is 3.41. The Morgan fingerprint density at radius 3 is 2.66 bits per heavy atom. The highest BCUT2D eigenvalue weighted by molar-refractivity contribution is 5.93. The van der Waals surface area contributed by atoms with Gasteiger partial charge >= 0.3 is 5.97 Å². The fraction of sp³-hybridized carbons (Fsp3) is 0.0870. The summed E-state index contributed by atoms with van der Waals surface area (Å²) >= 11 is 0. The van der Waals surface area contributed by atoms with Crippen molar-refractivity contribution >= 4 is 34.2 Å². The van der Waals surface area contributed by atoms with E-state index in [4.69, 9.17) is 4.42 Å². The zero-order valence-corrected chi connectivity index (χ0v) is 16.5. The summed E-state index contributed by atoms with van der Waals surface area (Å²) in [5.74, 6) is 0.507. The summed E-state index contributed by atoms with van der Waals surface area (Å²) in [4.78, 5) is 39.0. The van der Waals surface area contributed by atoms with Crippen LogP contribution in [0.15, 0.2) is 63.8 Å². The number of nitrogens with zero attached hydrogens (tertiary/aromatic N) is 3. The normalized spacial score (nSPS) is 14.1. The van der Waals surface area contributed by atoms with E-state index >= 15 is 0 Å². The third kappa shape index (κ3) is 3.25. The van der Waals surface area contributed by atoms with Gasteiger partial charge in [0, 0.05) is 29.8 Å². The van der Waals surface area contributed by atoms with Crippen LogP contribution in [0.4, 0.5) is 5.69 Å². The number of fused-ring (bicyclic) bond motifs is 2. The summed E-state index contributed by atoms with van der Waals surface area (Å²) in [6.45, 7) is 0.472. The third-order valence-corrected chi connectivity index (χ3v) is 5.40. The van der Waals surface area contributed by atoms with Crippen LogP contribution in [0, 0.1) is 10.1 Å². The number of carboxylic acids is 1. The van der Waals surface area contributed by atoms with E-state index in [-0.39, 0.29) is 16.8 Å². The molecule has 1 aliphatic heterocycles. The summed E-state index contributed by atoms with van der Waals surface area (Å²) in [5.41, 5.74) is 1.69. The SMILES string of the molecule is O=C(O)c1ccc2c(=O)n3c(nc2c1)/C(=C/c1ccc(-c2ccc([N+](=O)[O-])cc2)o1)CC3. The molecule has 0 amide bonds. The van der Waals surface area contributed by atoms with Gasteiger partial charge in [0.25, 0.3) is 11.2 Å². The van der Waals surface area contributed by atoms with Crippen molar-refractivity contribution in [2.24, 2.45) is 0 Å². The molecule has 0 saturated heterocycles. The van der Waals surface area contributed by atoms with Crippen molar-refractivity contribution in [1.82, 2.24) is 9.55 Å². The van der Waals surface area contributed by atoms with E-state index in [0.29, 0.717) is 46.8 Å².